The van der Waals surface area contributed by atoms with Crippen LogP contribution in [0.25, 0.3) is 0 Å². The van der Waals surface area contributed by atoms with E-state index in [9.17, 15) is 0 Å². The van der Waals surface area contributed by atoms with Crippen LogP contribution in [-0.2, 0) is 0 Å². The van der Waals surface area contributed by atoms with Gasteiger partial charge in [-0.3, -0.25) is 0 Å². The zero-order valence-corrected chi connectivity index (χ0v) is 12.3. The fraction of sp³-hybridized carbons (Fsp3) is 1.00. The van der Waals surface area contributed by atoms with E-state index in [-0.39, 0.29) is 20.3 Å². The summed E-state index contributed by atoms with van der Waals surface area (Å²) in [6, 6.07) is 0. The molecule has 0 aromatic heterocycles. The second-order valence-electron chi connectivity index (χ2n) is 5.29. The van der Waals surface area contributed by atoms with Crippen LogP contribution in [0.2, 0.25) is 22.1 Å². The Kier molecular flexibility index (Phi) is 2.81. The predicted molar refractivity (Wildman–Crippen MR) is 55.9 cm³/mol. The first-order valence-corrected chi connectivity index (χ1v) is 13.5. The Labute approximate surface area is 81.5 Å². The van der Waals surface area contributed by atoms with E-state index in [0.717, 1.165) is 0 Å². The third-order valence-electron chi connectivity index (χ3n) is 3.02. The summed E-state index contributed by atoms with van der Waals surface area (Å²) in [5.74, 6) is 0. The molecule has 0 unspecified atom stereocenters. The van der Waals surface area contributed by atoms with Crippen LogP contribution in [0.4, 0.5) is 0 Å². The van der Waals surface area contributed by atoms with Crippen LogP contribution >= 0.6 is 0 Å². The molecular weight excluding hydrogens is 255 g/mol. The Morgan fingerprint density at radius 2 is 1.64 bits per heavy atom. The maximum atomic E-state index is 2.62. The number of hydrogen-bond donors (Lipinski definition) is 0. The number of rotatable bonds is 2. The van der Waals surface area contributed by atoms with Crippen LogP contribution in [-0.4, -0.2) is 25.9 Å². The van der Waals surface area contributed by atoms with Gasteiger partial charge in [0.25, 0.3) is 0 Å². The summed E-state index contributed by atoms with van der Waals surface area (Å²) in [7, 11) is 0. The van der Waals surface area contributed by atoms with Crippen molar-refractivity contribution < 1.29 is 0 Å². The van der Waals surface area contributed by atoms with Crippen molar-refractivity contribution in [1.29, 1.82) is 0 Å². The first kappa shape index (κ1) is 10.1. The van der Waals surface area contributed by atoms with Crippen LogP contribution in [0.15, 0.2) is 0 Å². The second kappa shape index (κ2) is 3.06. The third kappa shape index (κ3) is 2.76. The molecule has 64 valence electrons. The van der Waals surface area contributed by atoms with Gasteiger partial charge in [0.05, 0.1) is 0 Å². The van der Waals surface area contributed by atoms with E-state index in [1.165, 1.54) is 3.93 Å². The van der Waals surface area contributed by atoms with E-state index in [4.69, 9.17) is 0 Å². The van der Waals surface area contributed by atoms with Crippen molar-refractivity contribution in [2.75, 3.05) is 0 Å². The Hall–Kier alpha value is 1.02. The van der Waals surface area contributed by atoms with E-state index in [2.05, 4.69) is 33.9 Å². The molecule has 1 aliphatic carbocycles. The zero-order valence-electron chi connectivity index (χ0n) is 8.49. The normalized spacial score (nSPS) is 20.5. The van der Waals surface area contributed by atoms with Crippen LogP contribution in [0, 0.1) is 0 Å². The second-order valence-corrected chi connectivity index (χ2v) is 25.8. The predicted octanol–water partition coefficient (Wildman–Crippen LogP) is 3.28. The summed E-state index contributed by atoms with van der Waals surface area (Å²) in [5, 5.41) is 0.682. The molecule has 0 saturated heterocycles. The first-order valence-electron chi connectivity index (χ1n) is 4.61. The molecular formula is C9H20SiSn. The van der Waals surface area contributed by atoms with Crippen molar-refractivity contribution in [3.63, 3.8) is 0 Å². The fourth-order valence-electron chi connectivity index (χ4n) is 0.954. The molecule has 0 aromatic rings. The van der Waals surface area contributed by atoms with Gasteiger partial charge in [-0.05, 0) is 0 Å². The maximum absolute atomic E-state index is 2.62. The Morgan fingerprint density at radius 1 is 1.18 bits per heavy atom. The SMILES string of the molecule is CC(C)(C)[Si](C)(C)[Sn][CH]1CC1. The molecule has 0 amide bonds. The molecule has 0 atom stereocenters. The van der Waals surface area contributed by atoms with Gasteiger partial charge in [-0.15, -0.1) is 0 Å². The van der Waals surface area contributed by atoms with Crippen LogP contribution < -0.4 is 0 Å². The molecule has 0 bridgehead atoms. The van der Waals surface area contributed by atoms with Crippen LogP contribution in [0.5, 0.6) is 0 Å². The molecule has 0 spiro atoms. The molecule has 0 heterocycles. The van der Waals surface area contributed by atoms with E-state index in [1.54, 1.807) is 12.8 Å². The van der Waals surface area contributed by atoms with Crippen LogP contribution in [0.1, 0.15) is 33.6 Å². The quantitative estimate of drug-likeness (QED) is 0.678. The number of hydrogen-bond acceptors (Lipinski definition) is 0. The van der Waals surface area contributed by atoms with Gasteiger partial charge >= 0.3 is 81.6 Å². The molecule has 0 aliphatic heterocycles. The topological polar surface area (TPSA) is 0 Å². The summed E-state index contributed by atoms with van der Waals surface area (Å²) in [5.41, 5.74) is -0.735. The van der Waals surface area contributed by atoms with Gasteiger partial charge in [0.15, 0.2) is 0 Å². The molecule has 2 heteroatoms. The van der Waals surface area contributed by atoms with E-state index in [0.29, 0.717) is 5.04 Å². The molecule has 1 fully saturated rings. The van der Waals surface area contributed by atoms with Crippen molar-refractivity contribution >= 4 is 25.9 Å². The average molecular weight is 275 g/mol. The average Bonchev–Trinajstić information content (AvgIpc) is 2.45. The molecule has 11 heavy (non-hydrogen) atoms. The van der Waals surface area contributed by atoms with Gasteiger partial charge in [0.2, 0.25) is 0 Å². The van der Waals surface area contributed by atoms with Gasteiger partial charge < -0.3 is 0 Å². The van der Waals surface area contributed by atoms with Crippen molar-refractivity contribution in [1.82, 2.24) is 0 Å². The third-order valence-corrected chi connectivity index (χ3v) is 25.6. The minimum atomic E-state index is -0.735. The molecule has 1 saturated carbocycles. The van der Waals surface area contributed by atoms with Crippen molar-refractivity contribution in [2.24, 2.45) is 0 Å². The monoisotopic (exact) mass is 276 g/mol. The molecule has 0 nitrogen and oxygen atoms in total. The molecule has 1 aliphatic rings. The van der Waals surface area contributed by atoms with Crippen molar-refractivity contribution in [2.45, 2.75) is 55.7 Å². The minimum absolute atomic E-state index is 0.0407. The van der Waals surface area contributed by atoms with Gasteiger partial charge in [0.1, 0.15) is 0 Å². The van der Waals surface area contributed by atoms with Gasteiger partial charge in [-0.1, -0.05) is 0 Å². The van der Waals surface area contributed by atoms with Gasteiger partial charge in [-0.25, -0.2) is 0 Å². The molecule has 0 N–H and O–H groups in total. The molecule has 0 aromatic carbocycles. The Morgan fingerprint density at radius 3 is 1.91 bits per heavy atom. The Balaban J connectivity index is 2.49. The standard InChI is InChI=1S/C6H15Si.C3H5.Sn/c1-6(2,3)7(4)5;1-2-3-1;/h1-5H3;1H,2-3H2;. The van der Waals surface area contributed by atoms with Crippen molar-refractivity contribution in [3.05, 3.63) is 0 Å². The Bertz CT molecular complexity index is 142. The summed E-state index contributed by atoms with van der Waals surface area (Å²) in [6.07, 6.45) is 3.19. The first-order chi connectivity index (χ1) is 4.83. The molecule has 1 rings (SSSR count). The van der Waals surface area contributed by atoms with E-state index >= 15 is 0 Å². The van der Waals surface area contributed by atoms with E-state index < -0.39 is 5.58 Å². The summed E-state index contributed by atoms with van der Waals surface area (Å²) < 4.78 is 1.29. The van der Waals surface area contributed by atoms with Crippen molar-refractivity contribution in [3.8, 4) is 0 Å². The zero-order chi connectivity index (χ0) is 8.70. The van der Waals surface area contributed by atoms with Crippen LogP contribution in [0.3, 0.4) is 0 Å². The summed E-state index contributed by atoms with van der Waals surface area (Å²) in [4.78, 5) is 0. The van der Waals surface area contributed by atoms with E-state index in [1.807, 2.05) is 0 Å². The summed E-state index contributed by atoms with van der Waals surface area (Å²) >= 11 is 0.0407. The fourth-order valence-corrected chi connectivity index (χ4v) is 18.1. The van der Waals surface area contributed by atoms with Gasteiger partial charge in [0, 0.05) is 0 Å². The van der Waals surface area contributed by atoms with Gasteiger partial charge in [-0.2, -0.15) is 0 Å². The summed E-state index contributed by atoms with van der Waals surface area (Å²) in [6.45, 7) is 12.6. The molecule has 2 radical (unpaired) electrons.